The van der Waals surface area contributed by atoms with Gasteiger partial charge in [0.25, 0.3) is 0 Å². The van der Waals surface area contributed by atoms with Gasteiger partial charge in [0.2, 0.25) is 0 Å². The van der Waals surface area contributed by atoms with Gasteiger partial charge in [-0.1, -0.05) is 40.2 Å². The van der Waals surface area contributed by atoms with Gasteiger partial charge in [-0.2, -0.15) is 10.2 Å². The van der Waals surface area contributed by atoms with Crippen molar-refractivity contribution in [3.63, 3.8) is 0 Å². The minimum absolute atomic E-state index is 0.524. The SMILES string of the molecule is NC1C(=NNc2ccc(Br)c3ccccc23)C=NN1N. The van der Waals surface area contributed by atoms with Crippen LogP contribution in [0.3, 0.4) is 0 Å². The number of hydrazine groups is 1. The molecule has 0 amide bonds. The monoisotopic (exact) mass is 332 g/mol. The van der Waals surface area contributed by atoms with E-state index in [0.717, 1.165) is 20.9 Å². The number of nitrogens with two attached hydrogens (primary N) is 2. The number of rotatable bonds is 2. The van der Waals surface area contributed by atoms with Crippen LogP contribution in [-0.2, 0) is 0 Å². The standard InChI is InChI=1S/C13H13BrN6/c14-10-5-6-11(9-4-2-1-3-8(9)10)18-19-12-7-17-20(16)13(12)15/h1-7,13,18H,15-16H2. The Balaban J connectivity index is 1.95. The van der Waals surface area contributed by atoms with Gasteiger partial charge in [-0.3, -0.25) is 5.43 Å². The molecule has 0 saturated heterocycles. The first-order valence-corrected chi connectivity index (χ1v) is 6.80. The van der Waals surface area contributed by atoms with Crippen LogP contribution >= 0.6 is 15.9 Å². The summed E-state index contributed by atoms with van der Waals surface area (Å²) in [6.45, 7) is 0. The molecule has 0 aromatic heterocycles. The molecule has 0 aliphatic carbocycles. The van der Waals surface area contributed by atoms with Crippen LogP contribution in [-0.4, -0.2) is 23.2 Å². The largest absolute Gasteiger partial charge is 0.303 e. The lowest BCUT2D eigenvalue weighted by Gasteiger charge is -2.13. The second-order valence-corrected chi connectivity index (χ2v) is 5.21. The van der Waals surface area contributed by atoms with Gasteiger partial charge in [-0.25, -0.2) is 11.0 Å². The smallest absolute Gasteiger partial charge is 0.157 e. The van der Waals surface area contributed by atoms with Crippen LogP contribution in [0, 0.1) is 0 Å². The van der Waals surface area contributed by atoms with Crippen molar-refractivity contribution in [3.05, 3.63) is 40.9 Å². The third-order valence-electron chi connectivity index (χ3n) is 3.09. The molecule has 7 heteroatoms. The van der Waals surface area contributed by atoms with Crippen LogP contribution in [0.5, 0.6) is 0 Å². The van der Waals surface area contributed by atoms with Crippen molar-refractivity contribution in [2.75, 3.05) is 5.43 Å². The van der Waals surface area contributed by atoms with Crippen LogP contribution in [0.25, 0.3) is 10.8 Å². The second kappa shape index (κ2) is 5.20. The third-order valence-corrected chi connectivity index (χ3v) is 3.78. The van der Waals surface area contributed by atoms with Crippen molar-refractivity contribution >= 4 is 44.3 Å². The number of nitrogens with one attached hydrogen (secondary N) is 1. The number of benzene rings is 2. The topological polar surface area (TPSA) is 92.0 Å². The molecular formula is C13H13BrN6. The molecule has 1 unspecified atom stereocenters. The molecule has 6 nitrogen and oxygen atoms in total. The molecule has 2 aromatic carbocycles. The van der Waals surface area contributed by atoms with Gasteiger partial charge in [0, 0.05) is 9.86 Å². The van der Waals surface area contributed by atoms with E-state index in [0.29, 0.717) is 5.71 Å². The Morgan fingerprint density at radius 2 is 1.95 bits per heavy atom. The van der Waals surface area contributed by atoms with Gasteiger partial charge < -0.3 is 5.73 Å². The maximum atomic E-state index is 5.82. The minimum Gasteiger partial charge on any atom is -0.303 e. The molecule has 0 spiro atoms. The lowest BCUT2D eigenvalue weighted by Crippen LogP contribution is -2.44. The fourth-order valence-corrected chi connectivity index (χ4v) is 2.47. The number of hydrogen-bond acceptors (Lipinski definition) is 6. The van der Waals surface area contributed by atoms with Crippen LogP contribution in [0.4, 0.5) is 5.69 Å². The fraction of sp³-hybridized carbons (Fsp3) is 0.0769. The highest BCUT2D eigenvalue weighted by Crippen LogP contribution is 2.29. The summed E-state index contributed by atoms with van der Waals surface area (Å²) in [4.78, 5) is 0. The maximum Gasteiger partial charge on any atom is 0.157 e. The molecule has 20 heavy (non-hydrogen) atoms. The maximum absolute atomic E-state index is 5.82. The zero-order chi connectivity index (χ0) is 14.1. The number of hydrogen-bond donors (Lipinski definition) is 3. The van der Waals surface area contributed by atoms with E-state index >= 15 is 0 Å². The van der Waals surface area contributed by atoms with E-state index in [-0.39, 0.29) is 0 Å². The Morgan fingerprint density at radius 3 is 2.65 bits per heavy atom. The third kappa shape index (κ3) is 2.26. The lowest BCUT2D eigenvalue weighted by molar-refractivity contribution is 0.280. The van der Waals surface area contributed by atoms with Crippen LogP contribution < -0.4 is 17.0 Å². The molecule has 1 aliphatic rings. The molecule has 0 bridgehead atoms. The average Bonchev–Trinajstić information content (AvgIpc) is 2.79. The number of fused-ring (bicyclic) bond motifs is 1. The van der Waals surface area contributed by atoms with E-state index in [1.54, 1.807) is 6.21 Å². The fourth-order valence-electron chi connectivity index (χ4n) is 1.99. The normalized spacial score (nSPS) is 20.1. The Bertz CT molecular complexity index is 711. The predicted molar refractivity (Wildman–Crippen MR) is 85.2 cm³/mol. The predicted octanol–water partition coefficient (Wildman–Crippen LogP) is 1.83. The number of anilines is 1. The first kappa shape index (κ1) is 13.0. The molecule has 1 heterocycles. The Hall–Kier alpha value is -1.96. The average molecular weight is 333 g/mol. The van der Waals surface area contributed by atoms with Crippen molar-refractivity contribution in [1.29, 1.82) is 0 Å². The summed E-state index contributed by atoms with van der Waals surface area (Å²) >= 11 is 3.54. The minimum atomic E-state index is -0.524. The molecule has 3 rings (SSSR count). The zero-order valence-electron chi connectivity index (χ0n) is 10.5. The molecule has 5 N–H and O–H groups in total. The van der Waals surface area contributed by atoms with E-state index < -0.39 is 6.17 Å². The Morgan fingerprint density at radius 1 is 1.20 bits per heavy atom. The molecule has 102 valence electrons. The highest BCUT2D eigenvalue weighted by molar-refractivity contribution is 9.10. The number of halogens is 1. The van der Waals surface area contributed by atoms with Gasteiger partial charge in [-0.15, -0.1) is 0 Å². The van der Waals surface area contributed by atoms with E-state index in [4.69, 9.17) is 11.6 Å². The van der Waals surface area contributed by atoms with Gasteiger partial charge in [0.1, 0.15) is 5.71 Å². The van der Waals surface area contributed by atoms with E-state index in [1.165, 1.54) is 5.12 Å². The molecule has 1 atom stereocenters. The summed E-state index contributed by atoms with van der Waals surface area (Å²) < 4.78 is 1.04. The summed E-state index contributed by atoms with van der Waals surface area (Å²) in [5.74, 6) is 5.54. The van der Waals surface area contributed by atoms with Gasteiger partial charge in [0.05, 0.1) is 11.9 Å². The number of hydrazone groups is 2. The second-order valence-electron chi connectivity index (χ2n) is 4.36. The van der Waals surface area contributed by atoms with E-state index in [2.05, 4.69) is 31.6 Å². The summed E-state index contributed by atoms with van der Waals surface area (Å²) in [6.07, 6.45) is 1.02. The molecule has 0 fully saturated rings. The zero-order valence-corrected chi connectivity index (χ0v) is 12.1. The molecule has 0 radical (unpaired) electrons. The highest BCUT2D eigenvalue weighted by atomic mass is 79.9. The summed E-state index contributed by atoms with van der Waals surface area (Å²) in [5, 5.41) is 11.5. The quantitative estimate of drug-likeness (QED) is 0.577. The summed E-state index contributed by atoms with van der Waals surface area (Å²) in [7, 11) is 0. The summed E-state index contributed by atoms with van der Waals surface area (Å²) in [5.41, 5.74) is 10.3. The molecule has 2 aromatic rings. The van der Waals surface area contributed by atoms with Crippen LogP contribution in [0.2, 0.25) is 0 Å². The van der Waals surface area contributed by atoms with Crippen LogP contribution in [0.15, 0.2) is 51.1 Å². The Kier molecular flexibility index (Phi) is 3.39. The molecule has 0 saturated carbocycles. The molecule has 1 aliphatic heterocycles. The van der Waals surface area contributed by atoms with Gasteiger partial charge >= 0.3 is 0 Å². The Labute approximate surface area is 124 Å². The lowest BCUT2D eigenvalue weighted by atomic mass is 10.1. The summed E-state index contributed by atoms with van der Waals surface area (Å²) in [6, 6.07) is 12.0. The van der Waals surface area contributed by atoms with Gasteiger partial charge in [-0.05, 0) is 17.5 Å². The van der Waals surface area contributed by atoms with Crippen molar-refractivity contribution < 1.29 is 0 Å². The van der Waals surface area contributed by atoms with Crippen molar-refractivity contribution in [2.45, 2.75) is 6.17 Å². The number of nitrogens with zero attached hydrogens (tertiary/aromatic N) is 3. The van der Waals surface area contributed by atoms with Crippen molar-refractivity contribution in [2.24, 2.45) is 21.8 Å². The van der Waals surface area contributed by atoms with E-state index in [1.807, 2.05) is 36.4 Å². The van der Waals surface area contributed by atoms with Gasteiger partial charge in [0.15, 0.2) is 6.17 Å². The van der Waals surface area contributed by atoms with Crippen molar-refractivity contribution in [3.8, 4) is 0 Å². The van der Waals surface area contributed by atoms with E-state index in [9.17, 15) is 0 Å². The van der Waals surface area contributed by atoms with Crippen molar-refractivity contribution in [1.82, 2.24) is 5.12 Å². The highest BCUT2D eigenvalue weighted by Gasteiger charge is 2.20. The first-order chi connectivity index (χ1) is 9.66. The molecular weight excluding hydrogens is 320 g/mol. The first-order valence-electron chi connectivity index (χ1n) is 6.01. The van der Waals surface area contributed by atoms with Crippen LogP contribution in [0.1, 0.15) is 0 Å².